The predicted octanol–water partition coefficient (Wildman–Crippen LogP) is 10.7. The molecule has 1 N–H and O–H groups in total. The molecule has 3 aromatic heterocycles. The Hall–Kier alpha value is -4.90. The Labute approximate surface area is 269 Å². The van der Waals surface area contributed by atoms with Gasteiger partial charge < -0.3 is 14.1 Å². The first kappa shape index (κ1) is 28.6. The molecule has 0 atom stereocenters. The van der Waals surface area contributed by atoms with Gasteiger partial charge in [-0.25, -0.2) is 9.97 Å². The maximum atomic E-state index is 11.2. The van der Waals surface area contributed by atoms with Gasteiger partial charge >= 0.3 is 0 Å². The molecule has 230 valence electrons. The summed E-state index contributed by atoms with van der Waals surface area (Å²) < 4.78 is 8.81. The van der Waals surface area contributed by atoms with Crippen molar-refractivity contribution in [3.8, 4) is 39.5 Å². The van der Waals surface area contributed by atoms with Crippen LogP contribution >= 0.6 is 0 Å². The molecule has 5 heteroatoms. The highest BCUT2D eigenvalue weighted by atomic mass is 16.3. The predicted molar refractivity (Wildman–Crippen MR) is 189 cm³/mol. The zero-order chi connectivity index (χ0) is 32.3. The van der Waals surface area contributed by atoms with E-state index in [2.05, 4.69) is 114 Å². The van der Waals surface area contributed by atoms with Gasteiger partial charge in [-0.2, -0.15) is 0 Å². The Kier molecular flexibility index (Phi) is 5.79. The molecule has 0 saturated carbocycles. The van der Waals surface area contributed by atoms with Crippen LogP contribution in [0.1, 0.15) is 65.3 Å². The third-order valence-electron chi connectivity index (χ3n) is 10.6. The van der Waals surface area contributed by atoms with E-state index in [9.17, 15) is 5.11 Å². The number of aromatic hydroxyl groups is 1. The highest BCUT2D eigenvalue weighted by molar-refractivity contribution is 6.09. The molecule has 0 radical (unpaired) electrons. The van der Waals surface area contributed by atoms with Gasteiger partial charge in [0, 0.05) is 33.0 Å². The maximum absolute atomic E-state index is 11.2. The Bertz CT molecular complexity index is 2380. The van der Waals surface area contributed by atoms with Gasteiger partial charge in [-0.15, -0.1) is 0 Å². The molecule has 8 rings (SSSR count). The summed E-state index contributed by atoms with van der Waals surface area (Å²) in [6.07, 6.45) is 0. The fourth-order valence-electron chi connectivity index (χ4n) is 7.37. The number of pyridine rings is 1. The lowest BCUT2D eigenvalue weighted by molar-refractivity contribution is 0.201. The van der Waals surface area contributed by atoms with E-state index in [1.165, 1.54) is 5.56 Å². The molecule has 0 amide bonds. The lowest BCUT2D eigenvalue weighted by Gasteiger charge is -2.48. The number of furan rings is 1. The molecule has 7 aromatic rings. The summed E-state index contributed by atoms with van der Waals surface area (Å²) in [4.78, 5) is 10.4. The molecule has 0 aliphatic carbocycles. The zero-order valence-corrected chi connectivity index (χ0v) is 27.8. The van der Waals surface area contributed by atoms with E-state index in [1.54, 1.807) is 6.07 Å². The Balaban J connectivity index is 1.43. The van der Waals surface area contributed by atoms with Gasteiger partial charge in [0.15, 0.2) is 5.58 Å². The fraction of sp³-hybridized carbons (Fsp3) is 0.268. The maximum Gasteiger partial charge on any atom is 0.161 e. The minimum Gasteiger partial charge on any atom is -0.507 e. The second-order valence-electron chi connectivity index (χ2n) is 15.0. The van der Waals surface area contributed by atoms with Crippen molar-refractivity contribution in [2.75, 3.05) is 0 Å². The van der Waals surface area contributed by atoms with Crippen molar-refractivity contribution in [1.82, 2.24) is 14.5 Å². The van der Waals surface area contributed by atoms with Crippen LogP contribution in [0.4, 0.5) is 0 Å². The lowest BCUT2D eigenvalue weighted by atomic mass is 9.65. The standard InChI is InChI=1S/C41H39N3O2/c1-23-19-29-28-13-9-10-18-33(28)46-37(29)35(42-23)25-20-24(21-26(22-25)39(2,3)4)27-14-11-16-31-36(27)43-38-34-30(15-12-17-32(34)45)40(5,6)41(7,8)44(31)38/h9-22,45H,1-8H3. The molecule has 1 aliphatic heterocycles. The van der Waals surface area contributed by atoms with Crippen molar-refractivity contribution < 1.29 is 9.52 Å². The summed E-state index contributed by atoms with van der Waals surface area (Å²) in [5.74, 6) is 1.06. The largest absolute Gasteiger partial charge is 0.507 e. The van der Waals surface area contributed by atoms with Gasteiger partial charge in [0.25, 0.3) is 0 Å². The number of para-hydroxylation sites is 2. The Morgan fingerprint density at radius 2 is 1.52 bits per heavy atom. The van der Waals surface area contributed by atoms with Gasteiger partial charge in [0.1, 0.15) is 22.9 Å². The van der Waals surface area contributed by atoms with E-state index in [-0.39, 0.29) is 22.1 Å². The smallest absolute Gasteiger partial charge is 0.161 e. The van der Waals surface area contributed by atoms with Crippen LogP contribution in [-0.2, 0) is 16.4 Å². The number of rotatable bonds is 2. The normalized spacial score (nSPS) is 15.4. The van der Waals surface area contributed by atoms with Gasteiger partial charge in [-0.3, -0.25) is 0 Å². The van der Waals surface area contributed by atoms with Crippen molar-refractivity contribution in [2.45, 2.75) is 71.8 Å². The van der Waals surface area contributed by atoms with Crippen LogP contribution in [0, 0.1) is 6.92 Å². The lowest BCUT2D eigenvalue weighted by Crippen LogP contribution is -2.48. The van der Waals surface area contributed by atoms with Crippen LogP contribution < -0.4 is 0 Å². The number of hydrogen-bond donors (Lipinski definition) is 1. The average Bonchev–Trinajstić information content (AvgIpc) is 3.58. The quantitative estimate of drug-likeness (QED) is 0.213. The van der Waals surface area contributed by atoms with Gasteiger partial charge in [-0.05, 0) is 79.3 Å². The topological polar surface area (TPSA) is 64.1 Å². The third-order valence-corrected chi connectivity index (χ3v) is 10.6. The van der Waals surface area contributed by atoms with Crippen LogP contribution in [0.2, 0.25) is 0 Å². The number of benzene rings is 4. The summed E-state index contributed by atoms with van der Waals surface area (Å²) in [5.41, 5.74) is 11.0. The van der Waals surface area contributed by atoms with Gasteiger partial charge in [0.2, 0.25) is 0 Å². The monoisotopic (exact) mass is 605 g/mol. The summed E-state index contributed by atoms with van der Waals surface area (Å²) in [6.45, 7) is 17.9. The van der Waals surface area contributed by atoms with Gasteiger partial charge in [-0.1, -0.05) is 83.1 Å². The number of phenols is 1. The van der Waals surface area contributed by atoms with E-state index in [1.807, 2.05) is 25.1 Å². The van der Waals surface area contributed by atoms with E-state index < -0.39 is 0 Å². The second-order valence-corrected chi connectivity index (χ2v) is 15.0. The molecular weight excluding hydrogens is 566 g/mol. The summed E-state index contributed by atoms with van der Waals surface area (Å²) in [5, 5.41) is 13.4. The van der Waals surface area contributed by atoms with Crippen LogP contribution in [0.5, 0.6) is 5.75 Å². The minimum atomic E-state index is -0.312. The number of nitrogens with zero attached hydrogens (tertiary/aromatic N) is 3. The first-order valence-corrected chi connectivity index (χ1v) is 16.1. The molecule has 46 heavy (non-hydrogen) atoms. The van der Waals surface area contributed by atoms with Crippen molar-refractivity contribution in [1.29, 1.82) is 0 Å². The first-order chi connectivity index (χ1) is 21.8. The van der Waals surface area contributed by atoms with E-state index in [4.69, 9.17) is 14.4 Å². The first-order valence-electron chi connectivity index (χ1n) is 16.1. The molecule has 4 heterocycles. The van der Waals surface area contributed by atoms with Crippen molar-refractivity contribution in [3.05, 3.63) is 102 Å². The number of aryl methyl sites for hydroxylation is 1. The second kappa shape index (κ2) is 9.32. The van der Waals surface area contributed by atoms with Crippen LogP contribution in [0.25, 0.3) is 66.7 Å². The highest BCUT2D eigenvalue weighted by Crippen LogP contribution is 2.54. The van der Waals surface area contributed by atoms with E-state index in [0.29, 0.717) is 0 Å². The molecule has 0 saturated heterocycles. The van der Waals surface area contributed by atoms with E-state index >= 15 is 0 Å². The minimum absolute atomic E-state index is 0.111. The molecule has 0 bridgehead atoms. The Morgan fingerprint density at radius 3 is 2.30 bits per heavy atom. The molecule has 0 spiro atoms. The van der Waals surface area contributed by atoms with Crippen molar-refractivity contribution >= 4 is 33.0 Å². The molecule has 5 nitrogen and oxygen atoms in total. The van der Waals surface area contributed by atoms with Crippen LogP contribution in [0.3, 0.4) is 0 Å². The van der Waals surface area contributed by atoms with Crippen LogP contribution in [0.15, 0.2) is 89.3 Å². The number of phenolic OH excluding ortho intramolecular Hbond substituents is 1. The molecule has 1 aliphatic rings. The highest BCUT2D eigenvalue weighted by Gasteiger charge is 2.48. The number of fused-ring (bicyclic) bond motifs is 8. The molecule has 0 fully saturated rings. The molecule has 0 unspecified atom stereocenters. The summed E-state index contributed by atoms with van der Waals surface area (Å²) in [6, 6.07) is 29.4. The molecule has 4 aromatic carbocycles. The number of imidazole rings is 1. The van der Waals surface area contributed by atoms with Crippen molar-refractivity contribution in [2.24, 2.45) is 0 Å². The number of aromatic nitrogens is 3. The zero-order valence-electron chi connectivity index (χ0n) is 27.8. The Morgan fingerprint density at radius 1 is 0.783 bits per heavy atom. The summed E-state index contributed by atoms with van der Waals surface area (Å²) >= 11 is 0. The summed E-state index contributed by atoms with van der Waals surface area (Å²) in [7, 11) is 0. The molecular formula is C41H39N3O2. The van der Waals surface area contributed by atoms with E-state index in [0.717, 1.165) is 78.0 Å². The SMILES string of the molecule is Cc1cc2c(oc3ccccc32)c(-c2cc(-c3cccc4c3nc3n4C(C)(C)C(C)(C)c4cccc(O)c4-3)cc(C(C)(C)C)c2)n1. The van der Waals surface area contributed by atoms with Crippen LogP contribution in [-0.4, -0.2) is 19.6 Å². The third kappa shape index (κ3) is 3.87. The average molecular weight is 606 g/mol. The number of hydrogen-bond acceptors (Lipinski definition) is 4. The van der Waals surface area contributed by atoms with Gasteiger partial charge in [0.05, 0.1) is 22.1 Å². The fourth-order valence-corrected chi connectivity index (χ4v) is 7.37. The van der Waals surface area contributed by atoms with Crippen molar-refractivity contribution in [3.63, 3.8) is 0 Å².